The number of aromatic hydroxyl groups is 1. The first-order valence-electron chi connectivity index (χ1n) is 9.85. The lowest BCUT2D eigenvalue weighted by Crippen LogP contribution is -2.29. The number of rotatable bonds is 5. The number of nitrogens with zero attached hydrogens (tertiary/aromatic N) is 2. The number of hydrogen-bond donors (Lipinski definition) is 2. The second-order valence-corrected chi connectivity index (χ2v) is 9.48. The van der Waals surface area contributed by atoms with Gasteiger partial charge < -0.3 is 15.3 Å². The van der Waals surface area contributed by atoms with Crippen LogP contribution in [0.3, 0.4) is 0 Å². The quantitative estimate of drug-likeness (QED) is 0.709. The Morgan fingerprint density at radius 1 is 1.00 bits per heavy atom. The van der Waals surface area contributed by atoms with E-state index in [9.17, 15) is 23.1 Å². The fourth-order valence-electron chi connectivity index (χ4n) is 3.80. The molecular formula is C21H23N3O5S. The standard InChI is InChI=1S/C21H23N3O5S/c25-18-7-3-16(4-8-18)22-21(27)15-13-20(26)24(14-15)17-5-9-19(10-6-17)30(28,29)23-11-1-2-12-23/h3-10,15,25H,1-2,11-14H2,(H,22,27). The number of carbonyl (C=O) groups is 2. The third kappa shape index (κ3) is 4.03. The maximum Gasteiger partial charge on any atom is 0.243 e. The van der Waals surface area contributed by atoms with Crippen LogP contribution < -0.4 is 10.2 Å². The Balaban J connectivity index is 1.43. The highest BCUT2D eigenvalue weighted by Crippen LogP contribution is 2.28. The van der Waals surface area contributed by atoms with Gasteiger partial charge in [-0.25, -0.2) is 8.42 Å². The minimum absolute atomic E-state index is 0.0811. The lowest BCUT2D eigenvalue weighted by atomic mass is 10.1. The average Bonchev–Trinajstić information content (AvgIpc) is 3.40. The molecule has 1 unspecified atom stereocenters. The fraction of sp³-hybridized carbons (Fsp3) is 0.333. The number of amides is 2. The zero-order valence-corrected chi connectivity index (χ0v) is 17.1. The van der Waals surface area contributed by atoms with Crippen LogP contribution in [0.25, 0.3) is 0 Å². The molecule has 158 valence electrons. The molecule has 2 aromatic rings. The third-order valence-corrected chi connectivity index (χ3v) is 7.39. The summed E-state index contributed by atoms with van der Waals surface area (Å²) in [6.45, 7) is 1.29. The summed E-state index contributed by atoms with van der Waals surface area (Å²) in [6.07, 6.45) is 1.82. The lowest BCUT2D eigenvalue weighted by molar-refractivity contribution is -0.122. The number of carbonyl (C=O) groups excluding carboxylic acids is 2. The zero-order valence-electron chi connectivity index (χ0n) is 16.3. The van der Waals surface area contributed by atoms with Crippen molar-refractivity contribution >= 4 is 33.2 Å². The van der Waals surface area contributed by atoms with Crippen LogP contribution >= 0.6 is 0 Å². The smallest absolute Gasteiger partial charge is 0.243 e. The molecule has 0 aromatic heterocycles. The van der Waals surface area contributed by atoms with Gasteiger partial charge in [-0.3, -0.25) is 9.59 Å². The second kappa shape index (κ2) is 8.08. The lowest BCUT2D eigenvalue weighted by Gasteiger charge is -2.19. The number of nitrogens with one attached hydrogen (secondary N) is 1. The van der Waals surface area contributed by atoms with Crippen molar-refractivity contribution in [1.29, 1.82) is 0 Å². The van der Waals surface area contributed by atoms with E-state index in [0.717, 1.165) is 12.8 Å². The van der Waals surface area contributed by atoms with Gasteiger partial charge >= 0.3 is 0 Å². The fourth-order valence-corrected chi connectivity index (χ4v) is 5.31. The molecule has 2 aromatic carbocycles. The molecule has 2 aliphatic rings. The van der Waals surface area contributed by atoms with E-state index in [1.165, 1.54) is 33.5 Å². The van der Waals surface area contributed by atoms with Crippen LogP contribution in [0.2, 0.25) is 0 Å². The average molecular weight is 429 g/mol. The maximum absolute atomic E-state index is 12.6. The molecule has 0 aliphatic carbocycles. The highest BCUT2D eigenvalue weighted by Gasteiger charge is 2.35. The predicted octanol–water partition coefficient (Wildman–Crippen LogP) is 2.17. The number of phenols is 1. The maximum atomic E-state index is 12.6. The molecule has 2 fully saturated rings. The summed E-state index contributed by atoms with van der Waals surface area (Å²) >= 11 is 0. The normalized spacial score (nSPS) is 19.9. The van der Waals surface area contributed by atoms with Crippen molar-refractivity contribution in [3.05, 3.63) is 48.5 Å². The van der Waals surface area contributed by atoms with E-state index < -0.39 is 15.9 Å². The molecule has 2 heterocycles. The second-order valence-electron chi connectivity index (χ2n) is 7.55. The Morgan fingerprint density at radius 3 is 2.27 bits per heavy atom. The molecule has 0 radical (unpaired) electrons. The van der Waals surface area contributed by atoms with Crippen LogP contribution in [0.15, 0.2) is 53.4 Å². The van der Waals surface area contributed by atoms with Crippen LogP contribution in [-0.4, -0.2) is 49.3 Å². The van der Waals surface area contributed by atoms with Crippen LogP contribution in [0.4, 0.5) is 11.4 Å². The summed E-state index contributed by atoms with van der Waals surface area (Å²) < 4.78 is 26.8. The van der Waals surface area contributed by atoms with Gasteiger partial charge in [0.15, 0.2) is 0 Å². The Labute approximate surface area is 175 Å². The predicted molar refractivity (Wildman–Crippen MR) is 112 cm³/mol. The minimum atomic E-state index is -3.51. The number of anilines is 2. The summed E-state index contributed by atoms with van der Waals surface area (Å²) in [5.74, 6) is -0.870. The largest absolute Gasteiger partial charge is 0.508 e. The van der Waals surface area contributed by atoms with Gasteiger partial charge in [0.05, 0.1) is 10.8 Å². The van der Waals surface area contributed by atoms with Crippen LogP contribution in [0.1, 0.15) is 19.3 Å². The molecule has 1 atom stereocenters. The van der Waals surface area contributed by atoms with Gasteiger partial charge in [-0.05, 0) is 61.4 Å². The third-order valence-electron chi connectivity index (χ3n) is 5.48. The van der Waals surface area contributed by atoms with Crippen molar-refractivity contribution in [3.63, 3.8) is 0 Å². The van der Waals surface area contributed by atoms with Gasteiger partial charge in [0.25, 0.3) is 0 Å². The van der Waals surface area contributed by atoms with Gasteiger partial charge in [0.1, 0.15) is 5.75 Å². The van der Waals surface area contributed by atoms with Crippen molar-refractivity contribution in [2.75, 3.05) is 29.9 Å². The van der Waals surface area contributed by atoms with Crippen molar-refractivity contribution in [3.8, 4) is 5.75 Å². The number of sulfonamides is 1. The minimum Gasteiger partial charge on any atom is -0.508 e. The first-order chi connectivity index (χ1) is 14.3. The molecule has 30 heavy (non-hydrogen) atoms. The SMILES string of the molecule is O=C(Nc1ccc(O)cc1)C1CC(=O)N(c2ccc(S(=O)(=O)N3CCCC3)cc2)C1. The molecule has 0 spiro atoms. The van der Waals surface area contributed by atoms with E-state index in [0.29, 0.717) is 24.5 Å². The first-order valence-corrected chi connectivity index (χ1v) is 11.3. The molecule has 4 rings (SSSR count). The molecule has 8 nitrogen and oxygen atoms in total. The Morgan fingerprint density at radius 2 is 1.63 bits per heavy atom. The van der Waals surface area contributed by atoms with E-state index >= 15 is 0 Å². The van der Waals surface area contributed by atoms with Gasteiger partial charge in [0.2, 0.25) is 21.8 Å². The van der Waals surface area contributed by atoms with E-state index in [2.05, 4.69) is 5.32 Å². The molecule has 2 aliphatic heterocycles. The zero-order chi connectivity index (χ0) is 21.3. The Kier molecular flexibility index (Phi) is 5.48. The topological polar surface area (TPSA) is 107 Å². The van der Waals surface area contributed by atoms with Gasteiger partial charge in [-0.1, -0.05) is 0 Å². The van der Waals surface area contributed by atoms with E-state index in [4.69, 9.17) is 0 Å². The summed E-state index contributed by atoms with van der Waals surface area (Å²) in [7, 11) is -3.51. The van der Waals surface area contributed by atoms with E-state index in [1.54, 1.807) is 24.3 Å². The van der Waals surface area contributed by atoms with E-state index in [1.807, 2.05) is 0 Å². The Hall–Kier alpha value is -2.91. The van der Waals surface area contributed by atoms with Crippen molar-refractivity contribution in [1.82, 2.24) is 4.31 Å². The summed E-state index contributed by atoms with van der Waals surface area (Å²) in [4.78, 5) is 26.7. The molecule has 0 saturated carbocycles. The monoisotopic (exact) mass is 429 g/mol. The number of benzene rings is 2. The molecule has 2 N–H and O–H groups in total. The molecule has 0 bridgehead atoms. The van der Waals surface area contributed by atoms with Crippen LogP contribution in [-0.2, 0) is 19.6 Å². The van der Waals surface area contributed by atoms with Gasteiger partial charge in [-0.15, -0.1) is 0 Å². The van der Waals surface area contributed by atoms with Crippen molar-refractivity contribution < 1.29 is 23.1 Å². The molecule has 9 heteroatoms. The number of hydrogen-bond acceptors (Lipinski definition) is 5. The van der Waals surface area contributed by atoms with Crippen molar-refractivity contribution in [2.24, 2.45) is 5.92 Å². The van der Waals surface area contributed by atoms with Gasteiger partial charge in [0, 0.05) is 37.4 Å². The summed E-state index contributed by atoms with van der Waals surface area (Å²) in [5, 5.41) is 12.1. The number of phenolic OH excluding ortho intramolecular Hbond substituents is 1. The van der Waals surface area contributed by atoms with Crippen LogP contribution in [0.5, 0.6) is 5.75 Å². The molecule has 2 saturated heterocycles. The van der Waals surface area contributed by atoms with Crippen molar-refractivity contribution in [2.45, 2.75) is 24.2 Å². The highest BCUT2D eigenvalue weighted by molar-refractivity contribution is 7.89. The van der Waals surface area contributed by atoms with Gasteiger partial charge in [-0.2, -0.15) is 4.31 Å². The molecule has 2 amide bonds. The van der Waals surface area contributed by atoms with Crippen LogP contribution in [0, 0.1) is 5.92 Å². The summed E-state index contributed by atoms with van der Waals surface area (Å²) in [5.41, 5.74) is 1.11. The highest BCUT2D eigenvalue weighted by atomic mass is 32.2. The molecular weight excluding hydrogens is 406 g/mol. The summed E-state index contributed by atoms with van der Waals surface area (Å²) in [6, 6.07) is 12.4. The Bertz CT molecular complexity index is 1050. The first kappa shape index (κ1) is 20.4. The van der Waals surface area contributed by atoms with E-state index in [-0.39, 0.29) is 35.4 Å².